The van der Waals surface area contributed by atoms with E-state index in [1.165, 1.54) is 12.4 Å². The van der Waals surface area contributed by atoms with E-state index in [1.807, 2.05) is 6.92 Å². The Bertz CT molecular complexity index is 873. The van der Waals surface area contributed by atoms with Crippen molar-refractivity contribution in [1.29, 1.82) is 0 Å². The van der Waals surface area contributed by atoms with Crippen LogP contribution in [0.25, 0.3) is 0 Å². The molecule has 1 heterocycles. The Kier molecular flexibility index (Phi) is 5.05. The van der Waals surface area contributed by atoms with Crippen LogP contribution in [0.5, 0.6) is 0 Å². The van der Waals surface area contributed by atoms with Gasteiger partial charge in [0.2, 0.25) is 10.0 Å². The molecule has 130 valence electrons. The molecule has 0 aliphatic carbocycles. The Morgan fingerprint density at radius 3 is 2.62 bits per heavy atom. The van der Waals surface area contributed by atoms with Crippen LogP contribution in [0.2, 0.25) is 0 Å². The fourth-order valence-electron chi connectivity index (χ4n) is 2.45. The van der Waals surface area contributed by atoms with Crippen LogP contribution in [0, 0.1) is 13.8 Å². The lowest BCUT2D eigenvalue weighted by Crippen LogP contribution is -2.29. The molecule has 1 aromatic carbocycles. The maximum Gasteiger partial charge on any atom is 0.251 e. The lowest BCUT2D eigenvalue weighted by atomic mass is 10.1. The van der Waals surface area contributed by atoms with E-state index in [-0.39, 0.29) is 16.5 Å². The highest BCUT2D eigenvalue weighted by Crippen LogP contribution is 2.20. The number of carbonyl (C=O) groups excluding carboxylic acids is 1. The number of aromatic nitrogens is 3. The Labute approximate surface area is 141 Å². The van der Waals surface area contributed by atoms with Crippen LogP contribution in [0.1, 0.15) is 47.2 Å². The fraction of sp³-hybridized carbons (Fsp3) is 0.400. The number of rotatable bonds is 5. The van der Waals surface area contributed by atoms with Gasteiger partial charge in [-0.05, 0) is 51.0 Å². The minimum Gasteiger partial charge on any atom is -0.342 e. The van der Waals surface area contributed by atoms with Crippen LogP contribution in [0.15, 0.2) is 23.4 Å². The summed E-state index contributed by atoms with van der Waals surface area (Å²) in [5.41, 5.74) is 1.44. The number of sulfonamides is 1. The second kappa shape index (κ2) is 6.70. The average Bonchev–Trinajstić information content (AvgIpc) is 2.97. The first-order valence-electron chi connectivity index (χ1n) is 7.47. The molecular formula is C15H21N5O3S. The van der Waals surface area contributed by atoms with Crippen molar-refractivity contribution in [1.82, 2.24) is 20.1 Å². The number of aryl methyl sites for hydroxylation is 2. The topological polar surface area (TPSA) is 120 Å². The molecule has 0 saturated carbocycles. The highest BCUT2D eigenvalue weighted by molar-refractivity contribution is 7.89. The van der Waals surface area contributed by atoms with Crippen molar-refractivity contribution < 1.29 is 13.2 Å². The minimum absolute atomic E-state index is 0.0444. The van der Waals surface area contributed by atoms with Crippen molar-refractivity contribution in [3.05, 3.63) is 41.0 Å². The third kappa shape index (κ3) is 3.62. The summed E-state index contributed by atoms with van der Waals surface area (Å²) in [5.74, 6) is 0.225. The number of carbonyl (C=O) groups is 1. The summed E-state index contributed by atoms with van der Waals surface area (Å²) in [7, 11) is -3.90. The zero-order valence-electron chi connectivity index (χ0n) is 14.1. The minimum atomic E-state index is -3.90. The molecule has 0 aliphatic rings. The Morgan fingerprint density at radius 1 is 1.38 bits per heavy atom. The van der Waals surface area contributed by atoms with Crippen molar-refractivity contribution in [2.45, 2.75) is 45.2 Å². The van der Waals surface area contributed by atoms with Gasteiger partial charge < -0.3 is 5.32 Å². The monoisotopic (exact) mass is 351 g/mol. The van der Waals surface area contributed by atoms with E-state index in [9.17, 15) is 13.2 Å². The van der Waals surface area contributed by atoms with Gasteiger partial charge >= 0.3 is 0 Å². The molecule has 0 bridgehead atoms. The predicted octanol–water partition coefficient (Wildman–Crippen LogP) is 1.05. The first-order valence-corrected chi connectivity index (χ1v) is 9.02. The summed E-state index contributed by atoms with van der Waals surface area (Å²) in [6, 6.07) is 2.56. The third-order valence-electron chi connectivity index (χ3n) is 3.87. The normalized spacial score (nSPS) is 12.9. The standard InChI is InChI=1S/C15H21N5O3S/c1-5-20-14(17-8-18-20)11(4)19-15(21)12-6-9(2)10(3)13(7-12)24(16,22)23/h6-8,11H,5H2,1-4H3,(H,19,21)(H2,16,22,23)/t11-/m1/s1. The van der Waals surface area contributed by atoms with Gasteiger partial charge in [0.25, 0.3) is 5.91 Å². The maximum atomic E-state index is 12.5. The van der Waals surface area contributed by atoms with Crippen LogP contribution in [0.3, 0.4) is 0 Å². The third-order valence-corrected chi connectivity index (χ3v) is 4.91. The van der Waals surface area contributed by atoms with E-state index >= 15 is 0 Å². The molecule has 0 saturated heterocycles. The van der Waals surface area contributed by atoms with E-state index < -0.39 is 15.9 Å². The van der Waals surface area contributed by atoms with Gasteiger partial charge in [-0.2, -0.15) is 5.10 Å². The van der Waals surface area contributed by atoms with E-state index in [1.54, 1.807) is 31.5 Å². The Hall–Kier alpha value is -2.26. The van der Waals surface area contributed by atoms with Gasteiger partial charge in [-0.25, -0.2) is 23.2 Å². The molecule has 9 heteroatoms. The van der Waals surface area contributed by atoms with Crippen molar-refractivity contribution in [2.75, 3.05) is 0 Å². The van der Waals surface area contributed by atoms with E-state index in [0.717, 1.165) is 0 Å². The second-order valence-corrected chi connectivity index (χ2v) is 7.12. The zero-order valence-corrected chi connectivity index (χ0v) is 14.9. The Morgan fingerprint density at radius 2 is 2.04 bits per heavy atom. The van der Waals surface area contributed by atoms with Gasteiger partial charge in [0.15, 0.2) is 0 Å². The molecule has 1 amide bonds. The number of benzene rings is 1. The lowest BCUT2D eigenvalue weighted by molar-refractivity contribution is 0.0937. The molecule has 2 rings (SSSR count). The zero-order chi connectivity index (χ0) is 18.1. The number of nitrogens with two attached hydrogens (primary N) is 1. The van der Waals surface area contributed by atoms with Gasteiger partial charge in [0, 0.05) is 12.1 Å². The summed E-state index contributed by atoms with van der Waals surface area (Å²) >= 11 is 0. The summed E-state index contributed by atoms with van der Waals surface area (Å²) in [6.07, 6.45) is 1.43. The SMILES string of the molecule is CCn1ncnc1[C@@H](C)NC(=O)c1cc(C)c(C)c(S(N)(=O)=O)c1. The van der Waals surface area contributed by atoms with Crippen molar-refractivity contribution >= 4 is 15.9 Å². The number of hydrogen-bond acceptors (Lipinski definition) is 5. The van der Waals surface area contributed by atoms with Gasteiger partial charge in [-0.15, -0.1) is 0 Å². The van der Waals surface area contributed by atoms with Gasteiger partial charge in [0.05, 0.1) is 10.9 Å². The molecule has 8 nitrogen and oxygen atoms in total. The summed E-state index contributed by atoms with van der Waals surface area (Å²) in [5, 5.41) is 12.1. The highest BCUT2D eigenvalue weighted by Gasteiger charge is 2.20. The van der Waals surface area contributed by atoms with Crippen LogP contribution < -0.4 is 10.5 Å². The summed E-state index contributed by atoms with van der Waals surface area (Å²) in [6.45, 7) is 7.74. The predicted molar refractivity (Wildman–Crippen MR) is 88.9 cm³/mol. The van der Waals surface area contributed by atoms with Gasteiger partial charge in [0.1, 0.15) is 12.2 Å². The van der Waals surface area contributed by atoms with Gasteiger partial charge in [-0.3, -0.25) is 4.79 Å². The van der Waals surface area contributed by atoms with Crippen LogP contribution in [0.4, 0.5) is 0 Å². The quantitative estimate of drug-likeness (QED) is 0.834. The maximum absolute atomic E-state index is 12.5. The van der Waals surface area contributed by atoms with E-state index in [0.29, 0.717) is 23.5 Å². The molecular weight excluding hydrogens is 330 g/mol. The lowest BCUT2D eigenvalue weighted by Gasteiger charge is -2.15. The van der Waals surface area contributed by atoms with Crippen molar-refractivity contribution in [3.63, 3.8) is 0 Å². The summed E-state index contributed by atoms with van der Waals surface area (Å²) in [4.78, 5) is 16.6. The molecule has 1 aromatic heterocycles. The number of nitrogens with zero attached hydrogens (tertiary/aromatic N) is 3. The van der Waals surface area contributed by atoms with Crippen LogP contribution in [-0.2, 0) is 16.6 Å². The van der Waals surface area contributed by atoms with E-state index in [4.69, 9.17) is 5.14 Å². The van der Waals surface area contributed by atoms with Crippen molar-refractivity contribution in [3.8, 4) is 0 Å². The second-order valence-electron chi connectivity index (χ2n) is 5.59. The molecule has 24 heavy (non-hydrogen) atoms. The molecule has 0 unspecified atom stereocenters. The van der Waals surface area contributed by atoms with Gasteiger partial charge in [-0.1, -0.05) is 0 Å². The molecule has 0 aliphatic heterocycles. The van der Waals surface area contributed by atoms with Crippen molar-refractivity contribution in [2.24, 2.45) is 5.14 Å². The number of primary sulfonamides is 1. The molecule has 2 aromatic rings. The molecule has 3 N–H and O–H groups in total. The molecule has 0 fully saturated rings. The largest absolute Gasteiger partial charge is 0.342 e. The number of nitrogens with one attached hydrogen (secondary N) is 1. The summed E-state index contributed by atoms with van der Waals surface area (Å²) < 4.78 is 25.1. The first-order chi connectivity index (χ1) is 11.1. The Balaban J connectivity index is 2.32. The highest BCUT2D eigenvalue weighted by atomic mass is 32.2. The smallest absolute Gasteiger partial charge is 0.251 e. The molecule has 1 atom stereocenters. The first kappa shape index (κ1) is 18.1. The number of amides is 1. The van der Waals surface area contributed by atoms with Crippen LogP contribution >= 0.6 is 0 Å². The van der Waals surface area contributed by atoms with E-state index in [2.05, 4.69) is 15.4 Å². The molecule has 0 radical (unpaired) electrons. The number of hydrogen-bond donors (Lipinski definition) is 2. The van der Waals surface area contributed by atoms with Crippen LogP contribution in [-0.4, -0.2) is 29.1 Å². The fourth-order valence-corrected chi connectivity index (χ4v) is 3.33. The molecule has 0 spiro atoms. The average molecular weight is 351 g/mol.